The molecule has 1 N–H and O–H groups in total. The van der Waals surface area contributed by atoms with Crippen LogP contribution in [0, 0.1) is 6.92 Å². The minimum Gasteiger partial charge on any atom is -0.495 e. The summed E-state index contributed by atoms with van der Waals surface area (Å²) in [5.74, 6) is 1.89. The third-order valence-electron chi connectivity index (χ3n) is 6.32. The van der Waals surface area contributed by atoms with E-state index in [1.54, 1.807) is 26.4 Å². The van der Waals surface area contributed by atoms with E-state index in [1.807, 2.05) is 25.3 Å². The van der Waals surface area contributed by atoms with Gasteiger partial charge >= 0.3 is 0 Å². The van der Waals surface area contributed by atoms with Crippen LogP contribution in [0.3, 0.4) is 0 Å². The summed E-state index contributed by atoms with van der Waals surface area (Å²) in [4.78, 5) is 9.48. The van der Waals surface area contributed by atoms with Crippen molar-refractivity contribution in [3.05, 3.63) is 46.1 Å². The molecule has 0 amide bonds. The number of piperazine rings is 1. The van der Waals surface area contributed by atoms with Crippen molar-refractivity contribution in [2.24, 2.45) is 0 Å². The molecule has 3 aromatic rings. The second-order valence-electron chi connectivity index (χ2n) is 8.77. The number of aromatic nitrogens is 1. The molecule has 0 aliphatic carbocycles. The lowest BCUT2D eigenvalue weighted by Crippen LogP contribution is -2.44. The molecular weight excluding hydrogens is 487 g/mol. The summed E-state index contributed by atoms with van der Waals surface area (Å²) in [6.07, 6.45) is 2.78. The average Bonchev–Trinajstić information content (AvgIpc) is 2.85. The Morgan fingerprint density at radius 1 is 0.943 bits per heavy atom. The van der Waals surface area contributed by atoms with E-state index in [0.717, 1.165) is 61.3 Å². The molecule has 1 saturated heterocycles. The van der Waals surface area contributed by atoms with E-state index in [9.17, 15) is 0 Å². The summed E-state index contributed by atoms with van der Waals surface area (Å²) < 4.78 is 17.2. The number of nitrogens with one attached hydrogen (secondary N) is 1. The van der Waals surface area contributed by atoms with Gasteiger partial charge in [0.25, 0.3) is 0 Å². The van der Waals surface area contributed by atoms with E-state index in [0.29, 0.717) is 39.6 Å². The first-order valence-corrected chi connectivity index (χ1v) is 12.5. The van der Waals surface area contributed by atoms with Gasteiger partial charge in [0.2, 0.25) is 0 Å². The predicted molar refractivity (Wildman–Crippen MR) is 143 cm³/mol. The van der Waals surface area contributed by atoms with Gasteiger partial charge in [-0.05, 0) is 38.1 Å². The zero-order valence-corrected chi connectivity index (χ0v) is 22.2. The minimum atomic E-state index is 0.454. The Morgan fingerprint density at radius 3 is 2.40 bits per heavy atom. The molecule has 0 bridgehead atoms. The average molecular weight is 519 g/mol. The first-order chi connectivity index (χ1) is 16.9. The zero-order valence-electron chi connectivity index (χ0n) is 20.7. The first-order valence-electron chi connectivity index (χ1n) is 11.7. The van der Waals surface area contributed by atoms with Gasteiger partial charge in [0.1, 0.15) is 5.75 Å². The second-order valence-corrected chi connectivity index (χ2v) is 9.59. The number of hydrogen-bond donors (Lipinski definition) is 1. The van der Waals surface area contributed by atoms with Crippen LogP contribution < -0.4 is 19.5 Å². The molecule has 7 nitrogen and oxygen atoms in total. The summed E-state index contributed by atoms with van der Waals surface area (Å²) in [7, 11) is 5.39. The van der Waals surface area contributed by atoms with Crippen molar-refractivity contribution in [2.75, 3.05) is 65.9 Å². The molecule has 0 saturated carbocycles. The monoisotopic (exact) mass is 518 g/mol. The zero-order chi connectivity index (χ0) is 24.9. The Morgan fingerprint density at radius 2 is 1.69 bits per heavy atom. The summed E-state index contributed by atoms with van der Waals surface area (Å²) >= 11 is 12.7. The fourth-order valence-electron chi connectivity index (χ4n) is 4.20. The van der Waals surface area contributed by atoms with Crippen molar-refractivity contribution in [3.63, 3.8) is 0 Å². The fourth-order valence-corrected chi connectivity index (χ4v) is 4.70. The highest BCUT2D eigenvalue weighted by molar-refractivity contribution is 6.37. The lowest BCUT2D eigenvalue weighted by Gasteiger charge is -2.32. The van der Waals surface area contributed by atoms with E-state index in [2.05, 4.69) is 27.1 Å². The van der Waals surface area contributed by atoms with Crippen molar-refractivity contribution in [1.29, 1.82) is 0 Å². The van der Waals surface area contributed by atoms with Gasteiger partial charge in [-0.15, -0.1) is 0 Å². The quantitative estimate of drug-likeness (QED) is 0.368. The van der Waals surface area contributed by atoms with Crippen LogP contribution in [0.5, 0.6) is 17.2 Å². The van der Waals surface area contributed by atoms with E-state index in [1.165, 1.54) is 0 Å². The molecule has 2 heterocycles. The summed E-state index contributed by atoms with van der Waals surface area (Å²) in [5.41, 5.74) is 3.32. The smallest absolute Gasteiger partial charge is 0.163 e. The molecule has 0 atom stereocenters. The van der Waals surface area contributed by atoms with Crippen molar-refractivity contribution in [1.82, 2.24) is 14.8 Å². The number of methoxy groups -OCH3 is 2. The SMILES string of the molecule is COc1cc(Nc2c(C)cnc3cc(OCCCN4CCN(C)CC4)c(OC)cc23)c(Cl)cc1Cl. The van der Waals surface area contributed by atoms with Gasteiger partial charge in [-0.3, -0.25) is 4.98 Å². The number of ether oxygens (including phenoxy) is 3. The molecule has 0 radical (unpaired) electrons. The van der Waals surface area contributed by atoms with Crippen LogP contribution >= 0.6 is 23.2 Å². The molecule has 1 aliphatic rings. The van der Waals surface area contributed by atoms with Gasteiger partial charge in [-0.1, -0.05) is 23.2 Å². The topological polar surface area (TPSA) is 59.1 Å². The molecule has 0 unspecified atom stereocenters. The highest BCUT2D eigenvalue weighted by Gasteiger charge is 2.16. The number of aryl methyl sites for hydroxylation is 1. The lowest BCUT2D eigenvalue weighted by molar-refractivity contribution is 0.145. The normalized spacial score (nSPS) is 14.8. The third kappa shape index (κ3) is 6.04. The molecule has 9 heteroatoms. The number of likely N-dealkylation sites (N-methyl/N-ethyl adjacent to an activating group) is 1. The number of fused-ring (bicyclic) bond motifs is 1. The summed E-state index contributed by atoms with van der Waals surface area (Å²) in [5, 5.41) is 5.28. The molecule has 0 spiro atoms. The number of benzene rings is 2. The van der Waals surface area contributed by atoms with Crippen LogP contribution in [0.1, 0.15) is 12.0 Å². The second kappa shape index (κ2) is 11.5. The van der Waals surface area contributed by atoms with E-state index in [-0.39, 0.29) is 0 Å². The summed E-state index contributed by atoms with van der Waals surface area (Å²) in [6, 6.07) is 7.33. The van der Waals surface area contributed by atoms with E-state index in [4.69, 9.17) is 37.4 Å². The largest absolute Gasteiger partial charge is 0.495 e. The van der Waals surface area contributed by atoms with Gasteiger partial charge in [0.05, 0.1) is 47.8 Å². The molecule has 1 aromatic heterocycles. The number of rotatable bonds is 9. The number of pyridine rings is 1. The number of hydrogen-bond acceptors (Lipinski definition) is 7. The van der Waals surface area contributed by atoms with Crippen molar-refractivity contribution >= 4 is 45.5 Å². The van der Waals surface area contributed by atoms with Crippen LogP contribution in [0.25, 0.3) is 10.9 Å². The Kier molecular flexibility index (Phi) is 8.44. The Labute approximate surface area is 216 Å². The van der Waals surface area contributed by atoms with Crippen molar-refractivity contribution in [2.45, 2.75) is 13.3 Å². The standard InChI is InChI=1S/C26H32Cl2N4O3/c1-17-16-29-21-14-25(35-11-5-6-32-9-7-31(2)8-10-32)24(34-4)12-18(21)26(17)30-22-15-23(33-3)20(28)13-19(22)27/h12-16H,5-11H2,1-4H3,(H,29,30). The lowest BCUT2D eigenvalue weighted by atomic mass is 10.1. The van der Waals surface area contributed by atoms with Gasteiger partial charge in [-0.25, -0.2) is 0 Å². The Bertz CT molecular complexity index is 1180. The fraction of sp³-hybridized carbons (Fsp3) is 0.423. The van der Waals surface area contributed by atoms with Gasteiger partial charge in [0.15, 0.2) is 11.5 Å². The highest BCUT2D eigenvalue weighted by Crippen LogP contribution is 2.40. The van der Waals surface area contributed by atoms with Gasteiger partial charge in [0, 0.05) is 56.4 Å². The van der Waals surface area contributed by atoms with E-state index < -0.39 is 0 Å². The first kappa shape index (κ1) is 25.6. The molecular formula is C26H32Cl2N4O3. The number of anilines is 2. The van der Waals surface area contributed by atoms with Crippen molar-refractivity contribution < 1.29 is 14.2 Å². The van der Waals surface area contributed by atoms with E-state index >= 15 is 0 Å². The maximum absolute atomic E-state index is 6.46. The molecule has 2 aromatic carbocycles. The number of nitrogens with zero attached hydrogens (tertiary/aromatic N) is 3. The molecule has 4 rings (SSSR count). The molecule has 1 aliphatic heterocycles. The van der Waals surface area contributed by atoms with Crippen LogP contribution in [0.4, 0.5) is 11.4 Å². The summed E-state index contributed by atoms with van der Waals surface area (Å²) in [6.45, 7) is 8.09. The molecule has 1 fully saturated rings. The number of halogens is 2. The van der Waals surface area contributed by atoms with Crippen LogP contribution in [0.15, 0.2) is 30.5 Å². The highest BCUT2D eigenvalue weighted by atomic mass is 35.5. The molecule has 188 valence electrons. The predicted octanol–water partition coefficient (Wildman–Crippen LogP) is 5.63. The minimum absolute atomic E-state index is 0.454. The van der Waals surface area contributed by atoms with Crippen molar-refractivity contribution in [3.8, 4) is 17.2 Å². The van der Waals surface area contributed by atoms with Crippen LogP contribution in [-0.4, -0.2) is 75.4 Å². The van der Waals surface area contributed by atoms with Gasteiger partial charge in [-0.2, -0.15) is 0 Å². The van der Waals surface area contributed by atoms with Crippen LogP contribution in [-0.2, 0) is 0 Å². The Balaban J connectivity index is 1.53. The van der Waals surface area contributed by atoms with Crippen LogP contribution in [0.2, 0.25) is 10.0 Å². The molecule has 35 heavy (non-hydrogen) atoms. The third-order valence-corrected chi connectivity index (χ3v) is 6.92. The maximum Gasteiger partial charge on any atom is 0.163 e. The maximum atomic E-state index is 6.46. The van der Waals surface area contributed by atoms with Gasteiger partial charge < -0.3 is 29.3 Å². The Hall–Kier alpha value is -2.45.